The average molecular weight is 536 g/mol. The van der Waals surface area contributed by atoms with Crippen molar-refractivity contribution in [1.29, 1.82) is 0 Å². The fraction of sp³-hybridized carbons (Fsp3) is 0.481. The van der Waals surface area contributed by atoms with Crippen molar-refractivity contribution in [2.45, 2.75) is 65.1 Å². The summed E-state index contributed by atoms with van der Waals surface area (Å²) < 4.78 is 45.1. The number of halogens is 1. The lowest BCUT2D eigenvalue weighted by molar-refractivity contribution is -0.142. The van der Waals surface area contributed by atoms with Gasteiger partial charge in [-0.3, -0.25) is 13.9 Å². The number of ether oxygens (including phenoxy) is 1. The van der Waals surface area contributed by atoms with Crippen LogP contribution in [0.3, 0.4) is 0 Å². The Morgan fingerprint density at radius 3 is 2.24 bits per heavy atom. The second-order valence-electron chi connectivity index (χ2n) is 9.92. The first-order valence-corrected chi connectivity index (χ1v) is 14.1. The molecule has 0 aliphatic rings. The summed E-state index contributed by atoms with van der Waals surface area (Å²) in [6.07, 6.45) is 1.72. The van der Waals surface area contributed by atoms with Gasteiger partial charge in [-0.1, -0.05) is 31.2 Å². The van der Waals surface area contributed by atoms with Gasteiger partial charge in [0.15, 0.2) is 0 Å². The molecule has 1 atom stereocenters. The van der Waals surface area contributed by atoms with Crippen LogP contribution in [0.2, 0.25) is 0 Å². The lowest BCUT2D eigenvalue weighted by Gasteiger charge is -2.33. The van der Waals surface area contributed by atoms with E-state index >= 15 is 0 Å². The zero-order chi connectivity index (χ0) is 27.8. The van der Waals surface area contributed by atoms with Gasteiger partial charge in [0.2, 0.25) is 21.8 Å². The van der Waals surface area contributed by atoms with Crippen LogP contribution in [0.25, 0.3) is 0 Å². The molecule has 2 rings (SSSR count). The Labute approximate surface area is 219 Å². The van der Waals surface area contributed by atoms with Crippen LogP contribution in [0.4, 0.5) is 10.1 Å². The Balaban J connectivity index is 2.26. The molecule has 2 aromatic carbocycles. The lowest BCUT2D eigenvalue weighted by atomic mass is 10.0. The van der Waals surface area contributed by atoms with Gasteiger partial charge in [-0.25, -0.2) is 12.8 Å². The zero-order valence-electron chi connectivity index (χ0n) is 22.5. The van der Waals surface area contributed by atoms with Gasteiger partial charge in [0.1, 0.15) is 17.6 Å². The minimum atomic E-state index is -3.65. The Morgan fingerprint density at radius 2 is 1.70 bits per heavy atom. The number of carbonyl (C=O) groups excluding carboxylic acids is 2. The van der Waals surface area contributed by atoms with Crippen LogP contribution in [-0.4, -0.2) is 56.6 Å². The highest BCUT2D eigenvalue weighted by molar-refractivity contribution is 7.92. The number of nitrogens with one attached hydrogen (secondary N) is 1. The predicted octanol–water partition coefficient (Wildman–Crippen LogP) is 4.10. The minimum absolute atomic E-state index is 0.0155. The summed E-state index contributed by atoms with van der Waals surface area (Å²) in [5, 5.41) is 2.93. The highest BCUT2D eigenvalue weighted by Crippen LogP contribution is 2.30. The summed E-state index contributed by atoms with van der Waals surface area (Å²) >= 11 is 0. The van der Waals surface area contributed by atoms with Crippen molar-refractivity contribution in [3.8, 4) is 5.75 Å². The molecule has 37 heavy (non-hydrogen) atoms. The Hall–Kier alpha value is -3.14. The first-order chi connectivity index (χ1) is 17.3. The van der Waals surface area contributed by atoms with E-state index in [-0.39, 0.29) is 37.7 Å². The van der Waals surface area contributed by atoms with Crippen molar-refractivity contribution < 1.29 is 27.1 Å². The van der Waals surface area contributed by atoms with Crippen LogP contribution in [0.5, 0.6) is 5.75 Å². The van der Waals surface area contributed by atoms with Crippen molar-refractivity contribution in [2.75, 3.05) is 24.2 Å². The molecule has 2 aromatic rings. The van der Waals surface area contributed by atoms with E-state index in [1.54, 1.807) is 36.4 Å². The van der Waals surface area contributed by atoms with E-state index in [4.69, 9.17) is 4.74 Å². The van der Waals surface area contributed by atoms with Crippen molar-refractivity contribution in [3.63, 3.8) is 0 Å². The molecule has 0 radical (unpaired) electrons. The third kappa shape index (κ3) is 9.03. The number of nitrogens with zero attached hydrogens (tertiary/aromatic N) is 2. The van der Waals surface area contributed by atoms with Crippen LogP contribution in [0.15, 0.2) is 48.5 Å². The molecule has 0 aliphatic carbocycles. The maximum Gasteiger partial charge on any atom is 0.243 e. The van der Waals surface area contributed by atoms with E-state index < -0.39 is 27.4 Å². The van der Waals surface area contributed by atoms with Gasteiger partial charge in [-0.05, 0) is 63.4 Å². The van der Waals surface area contributed by atoms with Gasteiger partial charge in [0, 0.05) is 25.0 Å². The molecule has 1 N–H and O–H groups in total. The number of rotatable bonds is 12. The number of anilines is 1. The van der Waals surface area contributed by atoms with Crippen molar-refractivity contribution >= 4 is 27.5 Å². The molecule has 0 aromatic heterocycles. The SMILES string of the molecule is CC[C@H](C(=O)NC(C)(C)C)N(Cc1ccc(F)cc1)C(=O)CCCN(c1ccccc1OC)S(C)(=O)=O. The first-order valence-electron chi connectivity index (χ1n) is 12.2. The van der Waals surface area contributed by atoms with Gasteiger partial charge in [-0.15, -0.1) is 0 Å². The molecular weight excluding hydrogens is 497 g/mol. The maximum atomic E-state index is 13.5. The number of benzene rings is 2. The van der Waals surface area contributed by atoms with Gasteiger partial charge < -0.3 is 15.0 Å². The van der Waals surface area contributed by atoms with Gasteiger partial charge in [0.05, 0.1) is 19.1 Å². The van der Waals surface area contributed by atoms with E-state index in [0.717, 1.165) is 6.26 Å². The minimum Gasteiger partial charge on any atom is -0.495 e. The second-order valence-corrected chi connectivity index (χ2v) is 11.8. The lowest BCUT2D eigenvalue weighted by Crippen LogP contribution is -2.53. The number of carbonyl (C=O) groups is 2. The van der Waals surface area contributed by atoms with Crippen molar-refractivity contribution in [1.82, 2.24) is 10.2 Å². The molecule has 0 heterocycles. The first kappa shape index (κ1) is 30.1. The van der Waals surface area contributed by atoms with E-state index in [1.807, 2.05) is 27.7 Å². The van der Waals surface area contributed by atoms with E-state index in [2.05, 4.69) is 5.32 Å². The Bertz CT molecular complexity index is 1160. The molecule has 8 nitrogen and oxygen atoms in total. The fourth-order valence-electron chi connectivity index (χ4n) is 3.98. The largest absolute Gasteiger partial charge is 0.495 e. The fourth-order valence-corrected chi connectivity index (χ4v) is 4.95. The summed E-state index contributed by atoms with van der Waals surface area (Å²) in [6.45, 7) is 7.59. The van der Waals surface area contributed by atoms with E-state index in [9.17, 15) is 22.4 Å². The van der Waals surface area contributed by atoms with Crippen molar-refractivity contribution in [3.05, 3.63) is 59.9 Å². The van der Waals surface area contributed by atoms with Gasteiger partial charge >= 0.3 is 0 Å². The highest BCUT2D eigenvalue weighted by Gasteiger charge is 2.31. The molecule has 0 unspecified atom stereocenters. The summed E-state index contributed by atoms with van der Waals surface area (Å²) in [4.78, 5) is 28.0. The second kappa shape index (κ2) is 12.9. The van der Waals surface area contributed by atoms with Gasteiger partial charge in [-0.2, -0.15) is 0 Å². The van der Waals surface area contributed by atoms with E-state index in [0.29, 0.717) is 23.4 Å². The average Bonchev–Trinajstić information content (AvgIpc) is 2.81. The van der Waals surface area contributed by atoms with Crippen LogP contribution >= 0.6 is 0 Å². The topological polar surface area (TPSA) is 96.0 Å². The smallest absolute Gasteiger partial charge is 0.243 e. The number of amides is 2. The van der Waals surface area contributed by atoms with Crippen LogP contribution in [-0.2, 0) is 26.2 Å². The van der Waals surface area contributed by atoms with E-state index in [1.165, 1.54) is 28.4 Å². The molecule has 0 fully saturated rings. The quantitative estimate of drug-likeness (QED) is 0.442. The van der Waals surface area contributed by atoms with Crippen LogP contribution in [0, 0.1) is 5.82 Å². The monoisotopic (exact) mass is 535 g/mol. The van der Waals surface area contributed by atoms with Crippen LogP contribution in [0.1, 0.15) is 52.5 Å². The highest BCUT2D eigenvalue weighted by atomic mass is 32.2. The number of sulfonamides is 1. The number of para-hydroxylation sites is 2. The predicted molar refractivity (Wildman–Crippen MR) is 143 cm³/mol. The Kier molecular flexibility index (Phi) is 10.5. The summed E-state index contributed by atoms with van der Waals surface area (Å²) in [5.41, 5.74) is 0.586. The molecule has 0 saturated carbocycles. The standard InChI is InChI=1S/C27H38FN3O5S/c1-7-22(26(33)29-27(2,3)4)30(19-20-14-16-21(28)17-15-20)25(32)13-10-18-31(37(6,34)35)23-11-8-9-12-24(23)36-5/h8-9,11-12,14-17,22H,7,10,13,18-19H2,1-6H3,(H,29,33)/t22-/m1/s1. The molecule has 0 spiro atoms. The molecule has 2 amide bonds. The third-order valence-corrected chi connectivity index (χ3v) is 6.84. The molecule has 0 saturated heterocycles. The van der Waals surface area contributed by atoms with Crippen LogP contribution < -0.4 is 14.4 Å². The summed E-state index contributed by atoms with van der Waals surface area (Å²) in [7, 11) is -2.19. The molecule has 0 bridgehead atoms. The number of hydrogen-bond acceptors (Lipinski definition) is 5. The van der Waals surface area contributed by atoms with Crippen molar-refractivity contribution in [2.24, 2.45) is 0 Å². The molecular formula is C27H38FN3O5S. The molecule has 204 valence electrons. The normalized spacial score (nSPS) is 12.5. The summed E-state index contributed by atoms with van der Waals surface area (Å²) in [6, 6.07) is 11.8. The zero-order valence-corrected chi connectivity index (χ0v) is 23.3. The number of methoxy groups -OCH3 is 1. The molecule has 10 heteroatoms. The Morgan fingerprint density at radius 1 is 1.08 bits per heavy atom. The number of hydrogen-bond donors (Lipinski definition) is 1. The molecule has 0 aliphatic heterocycles. The third-order valence-electron chi connectivity index (χ3n) is 5.66. The van der Waals surface area contributed by atoms with Gasteiger partial charge in [0.25, 0.3) is 0 Å². The summed E-state index contributed by atoms with van der Waals surface area (Å²) in [5.74, 6) is -0.565. The maximum absolute atomic E-state index is 13.5.